The monoisotopic (exact) mass is 455 g/mol. The fourth-order valence-corrected chi connectivity index (χ4v) is 3.53. The molecule has 0 unspecified atom stereocenters. The molecule has 28 heavy (non-hydrogen) atoms. The summed E-state index contributed by atoms with van der Waals surface area (Å²) < 4.78 is 11.5. The molecule has 3 rings (SSSR count). The number of hydrogen-bond donors (Lipinski definition) is 1. The van der Waals surface area contributed by atoms with Crippen LogP contribution in [-0.2, 0) is 13.2 Å². The van der Waals surface area contributed by atoms with E-state index in [1.54, 1.807) is 43.5 Å². The predicted molar refractivity (Wildman–Crippen MR) is 118 cm³/mol. The number of methoxy groups -OCH3 is 1. The maximum Gasteiger partial charge on any atom is 0.166 e. The molecule has 3 nitrogen and oxygen atoms in total. The summed E-state index contributed by atoms with van der Waals surface area (Å²) in [5.41, 5.74) is 2.34. The van der Waals surface area contributed by atoms with Gasteiger partial charge in [0.15, 0.2) is 11.5 Å². The average Bonchev–Trinajstić information content (AvgIpc) is 2.68. The van der Waals surface area contributed by atoms with Gasteiger partial charge in [0.2, 0.25) is 0 Å². The van der Waals surface area contributed by atoms with Gasteiger partial charge in [0.25, 0.3) is 0 Å². The fourth-order valence-electron chi connectivity index (χ4n) is 2.66. The van der Waals surface area contributed by atoms with E-state index in [0.717, 1.165) is 11.3 Å². The number of anilines is 1. The summed E-state index contributed by atoms with van der Waals surface area (Å²) in [6.45, 7) is 0.673. The second-order valence-corrected chi connectivity index (χ2v) is 7.57. The van der Waals surface area contributed by atoms with Crippen LogP contribution in [0, 0.1) is 0 Å². The van der Waals surface area contributed by atoms with Crippen molar-refractivity contribution in [2.75, 3.05) is 12.4 Å². The highest BCUT2D eigenvalue weighted by atomic mass is 35.5. The van der Waals surface area contributed by atoms with Crippen molar-refractivity contribution in [1.82, 2.24) is 0 Å². The third kappa shape index (κ3) is 4.98. The van der Waals surface area contributed by atoms with Crippen molar-refractivity contribution in [3.63, 3.8) is 0 Å². The minimum Gasteiger partial charge on any atom is -0.493 e. The molecule has 0 atom stereocenters. The first-order valence-corrected chi connectivity index (χ1v) is 9.91. The lowest BCUT2D eigenvalue weighted by Crippen LogP contribution is -2.06. The molecule has 0 saturated heterocycles. The van der Waals surface area contributed by atoms with Crippen LogP contribution in [0.5, 0.6) is 11.5 Å². The number of ether oxygens (including phenoxy) is 2. The second kappa shape index (κ2) is 9.62. The molecule has 0 aliphatic heterocycles. The third-order valence-electron chi connectivity index (χ3n) is 4.10. The van der Waals surface area contributed by atoms with Gasteiger partial charge in [-0.15, -0.1) is 0 Å². The van der Waals surface area contributed by atoms with E-state index in [9.17, 15) is 0 Å². The maximum atomic E-state index is 6.25. The van der Waals surface area contributed by atoms with Crippen molar-refractivity contribution < 1.29 is 9.47 Å². The number of hydrogen-bond acceptors (Lipinski definition) is 3. The van der Waals surface area contributed by atoms with Crippen LogP contribution in [0.1, 0.15) is 11.1 Å². The Kier molecular flexibility index (Phi) is 7.19. The lowest BCUT2D eigenvalue weighted by Gasteiger charge is -2.17. The first-order valence-electron chi connectivity index (χ1n) is 8.40. The summed E-state index contributed by atoms with van der Waals surface area (Å²) in [7, 11) is 1.59. The van der Waals surface area contributed by atoms with Gasteiger partial charge in [-0.3, -0.25) is 0 Å². The zero-order valence-corrected chi connectivity index (χ0v) is 18.0. The first kappa shape index (κ1) is 20.9. The molecular weight excluding hydrogens is 440 g/mol. The van der Waals surface area contributed by atoms with Crippen LogP contribution in [0.4, 0.5) is 5.69 Å². The molecule has 0 saturated carbocycles. The van der Waals surface area contributed by atoms with Crippen LogP contribution in [-0.4, -0.2) is 7.11 Å². The molecule has 0 spiro atoms. The van der Waals surface area contributed by atoms with Crippen LogP contribution >= 0.6 is 46.4 Å². The molecule has 0 aromatic heterocycles. The summed E-state index contributed by atoms with van der Waals surface area (Å²) >= 11 is 24.8. The summed E-state index contributed by atoms with van der Waals surface area (Å²) in [6, 6.07) is 16.3. The minimum atomic E-state index is 0.212. The Hall–Kier alpha value is -1.78. The highest BCUT2D eigenvalue weighted by molar-refractivity contribution is 6.36. The van der Waals surface area contributed by atoms with Crippen LogP contribution in [0.15, 0.2) is 54.6 Å². The molecule has 0 fully saturated rings. The average molecular weight is 457 g/mol. The quantitative estimate of drug-likeness (QED) is 0.399. The number of nitrogens with one attached hydrogen (secondary N) is 1. The molecule has 0 aliphatic rings. The zero-order valence-electron chi connectivity index (χ0n) is 14.9. The van der Waals surface area contributed by atoms with Crippen molar-refractivity contribution in [2.45, 2.75) is 13.2 Å². The van der Waals surface area contributed by atoms with E-state index >= 15 is 0 Å². The normalized spacial score (nSPS) is 10.6. The molecule has 146 valence electrons. The topological polar surface area (TPSA) is 30.5 Å². The van der Waals surface area contributed by atoms with Crippen molar-refractivity contribution in [2.24, 2.45) is 0 Å². The Morgan fingerprint density at radius 1 is 0.857 bits per heavy atom. The molecule has 0 radical (unpaired) electrons. The van der Waals surface area contributed by atoms with E-state index < -0.39 is 0 Å². The molecule has 0 bridgehead atoms. The van der Waals surface area contributed by atoms with Gasteiger partial charge in [-0.2, -0.15) is 0 Å². The molecule has 3 aromatic rings. The Bertz CT molecular complexity index is 958. The van der Waals surface area contributed by atoms with Crippen molar-refractivity contribution in [1.29, 1.82) is 0 Å². The first-order chi connectivity index (χ1) is 13.5. The van der Waals surface area contributed by atoms with E-state index in [1.165, 1.54) is 0 Å². The van der Waals surface area contributed by atoms with Crippen molar-refractivity contribution in [3.05, 3.63) is 85.8 Å². The van der Waals surface area contributed by atoms with E-state index in [0.29, 0.717) is 43.7 Å². The van der Waals surface area contributed by atoms with Crippen molar-refractivity contribution >= 4 is 52.1 Å². The number of rotatable bonds is 7. The van der Waals surface area contributed by atoms with Gasteiger partial charge in [0.1, 0.15) is 6.61 Å². The molecule has 0 amide bonds. The van der Waals surface area contributed by atoms with Gasteiger partial charge in [-0.25, -0.2) is 0 Å². The Balaban J connectivity index is 1.83. The fraction of sp³-hybridized carbons (Fsp3) is 0.143. The molecule has 0 heterocycles. The second-order valence-electron chi connectivity index (χ2n) is 5.92. The van der Waals surface area contributed by atoms with E-state index in [1.807, 2.05) is 18.2 Å². The Morgan fingerprint density at radius 2 is 1.57 bits per heavy atom. The SMILES string of the molecule is COc1cccc(CNc2cc(Cl)ccc2Cl)c1OCc1c(Cl)cccc1Cl. The number of para-hydroxylation sites is 1. The standard InChI is InChI=1S/C21H17Cl4NO2/c1-27-20-7-2-4-13(11-26-19-10-14(22)8-9-18(19)25)21(20)28-12-15-16(23)5-3-6-17(15)24/h2-10,26H,11-12H2,1H3. The smallest absolute Gasteiger partial charge is 0.166 e. The molecule has 1 N–H and O–H groups in total. The maximum absolute atomic E-state index is 6.25. The predicted octanol–water partition coefficient (Wildman–Crippen LogP) is 7.50. The number of halogens is 4. The molecule has 3 aromatic carbocycles. The number of benzene rings is 3. The Labute approximate surface area is 184 Å². The van der Waals surface area contributed by atoms with Gasteiger partial charge in [-0.05, 0) is 36.4 Å². The Morgan fingerprint density at radius 3 is 2.29 bits per heavy atom. The zero-order chi connectivity index (χ0) is 20.1. The largest absolute Gasteiger partial charge is 0.493 e. The van der Waals surface area contributed by atoms with Crippen LogP contribution in [0.2, 0.25) is 20.1 Å². The van der Waals surface area contributed by atoms with Crippen LogP contribution in [0.3, 0.4) is 0 Å². The summed E-state index contributed by atoms with van der Waals surface area (Å²) in [5.74, 6) is 1.21. The summed E-state index contributed by atoms with van der Waals surface area (Å²) in [5, 5.41) is 5.56. The van der Waals surface area contributed by atoms with Crippen LogP contribution < -0.4 is 14.8 Å². The van der Waals surface area contributed by atoms with E-state index in [-0.39, 0.29) is 6.61 Å². The summed E-state index contributed by atoms with van der Waals surface area (Å²) in [6.07, 6.45) is 0. The lowest BCUT2D eigenvalue weighted by atomic mass is 10.1. The van der Waals surface area contributed by atoms with E-state index in [2.05, 4.69) is 5.32 Å². The minimum absolute atomic E-state index is 0.212. The molecular formula is C21H17Cl4NO2. The third-order valence-corrected chi connectivity index (χ3v) is 5.37. The van der Waals surface area contributed by atoms with Gasteiger partial charge < -0.3 is 14.8 Å². The van der Waals surface area contributed by atoms with Gasteiger partial charge in [0, 0.05) is 32.7 Å². The van der Waals surface area contributed by atoms with Crippen LogP contribution in [0.25, 0.3) is 0 Å². The lowest BCUT2D eigenvalue weighted by molar-refractivity contribution is 0.282. The van der Waals surface area contributed by atoms with Gasteiger partial charge >= 0.3 is 0 Å². The highest BCUT2D eigenvalue weighted by Gasteiger charge is 2.14. The van der Waals surface area contributed by atoms with Crippen molar-refractivity contribution in [3.8, 4) is 11.5 Å². The highest BCUT2D eigenvalue weighted by Crippen LogP contribution is 2.35. The van der Waals surface area contributed by atoms with Gasteiger partial charge in [-0.1, -0.05) is 64.6 Å². The van der Waals surface area contributed by atoms with Gasteiger partial charge in [0.05, 0.1) is 17.8 Å². The molecule has 7 heteroatoms. The molecule has 0 aliphatic carbocycles. The summed E-state index contributed by atoms with van der Waals surface area (Å²) in [4.78, 5) is 0. The van der Waals surface area contributed by atoms with E-state index in [4.69, 9.17) is 55.9 Å².